The molecule has 0 saturated carbocycles. The van der Waals surface area contributed by atoms with Crippen molar-refractivity contribution in [2.75, 3.05) is 13.1 Å². The highest BCUT2D eigenvalue weighted by molar-refractivity contribution is 4.94. The summed E-state index contributed by atoms with van der Waals surface area (Å²) < 4.78 is 0. The van der Waals surface area contributed by atoms with Gasteiger partial charge in [-0.15, -0.1) is 0 Å². The number of rotatable bonds is 6. The SMILES string of the molecule is CCCC1CN(C(C)(CC)CC)C(CC)CN1. The second kappa shape index (κ2) is 6.75. The Morgan fingerprint density at radius 1 is 1.18 bits per heavy atom. The summed E-state index contributed by atoms with van der Waals surface area (Å²) in [5.74, 6) is 0. The topological polar surface area (TPSA) is 15.3 Å². The molecule has 1 heterocycles. The molecule has 102 valence electrons. The molecule has 0 aromatic heterocycles. The Morgan fingerprint density at radius 2 is 1.82 bits per heavy atom. The lowest BCUT2D eigenvalue weighted by atomic mass is 9.88. The molecule has 1 rings (SSSR count). The van der Waals surface area contributed by atoms with E-state index in [1.54, 1.807) is 0 Å². The maximum atomic E-state index is 3.73. The highest BCUT2D eigenvalue weighted by atomic mass is 15.3. The molecule has 0 bridgehead atoms. The zero-order chi connectivity index (χ0) is 12.9. The van der Waals surface area contributed by atoms with Gasteiger partial charge in [-0.1, -0.05) is 34.1 Å². The fraction of sp³-hybridized carbons (Fsp3) is 1.00. The Bertz CT molecular complexity index is 211. The minimum Gasteiger partial charge on any atom is -0.311 e. The van der Waals surface area contributed by atoms with Crippen LogP contribution in [0, 0.1) is 0 Å². The van der Waals surface area contributed by atoms with Gasteiger partial charge in [0.05, 0.1) is 0 Å². The van der Waals surface area contributed by atoms with Crippen molar-refractivity contribution in [3.63, 3.8) is 0 Å². The van der Waals surface area contributed by atoms with E-state index in [1.165, 1.54) is 45.2 Å². The molecule has 2 nitrogen and oxygen atoms in total. The molecule has 0 aromatic rings. The van der Waals surface area contributed by atoms with Crippen molar-refractivity contribution in [2.24, 2.45) is 0 Å². The molecule has 2 unspecified atom stereocenters. The molecular weight excluding hydrogens is 208 g/mol. The fourth-order valence-corrected chi connectivity index (χ4v) is 3.09. The molecule has 1 aliphatic rings. The van der Waals surface area contributed by atoms with Crippen molar-refractivity contribution in [3.05, 3.63) is 0 Å². The lowest BCUT2D eigenvalue weighted by Gasteiger charge is -2.50. The summed E-state index contributed by atoms with van der Waals surface area (Å²) in [5, 5.41) is 3.73. The summed E-state index contributed by atoms with van der Waals surface area (Å²) in [4.78, 5) is 2.80. The van der Waals surface area contributed by atoms with Crippen molar-refractivity contribution in [1.29, 1.82) is 0 Å². The monoisotopic (exact) mass is 240 g/mol. The molecule has 1 N–H and O–H groups in total. The maximum Gasteiger partial charge on any atom is 0.0224 e. The number of hydrogen-bond donors (Lipinski definition) is 1. The van der Waals surface area contributed by atoms with Crippen LogP contribution < -0.4 is 5.32 Å². The van der Waals surface area contributed by atoms with Crippen LogP contribution >= 0.6 is 0 Å². The Kier molecular flexibility index (Phi) is 5.94. The van der Waals surface area contributed by atoms with Crippen LogP contribution in [-0.2, 0) is 0 Å². The van der Waals surface area contributed by atoms with E-state index in [1.807, 2.05) is 0 Å². The van der Waals surface area contributed by atoms with Crippen LogP contribution in [0.2, 0.25) is 0 Å². The minimum atomic E-state index is 0.398. The van der Waals surface area contributed by atoms with E-state index in [9.17, 15) is 0 Å². The number of nitrogens with zero attached hydrogens (tertiary/aromatic N) is 1. The molecule has 2 atom stereocenters. The van der Waals surface area contributed by atoms with Crippen LogP contribution in [0.4, 0.5) is 0 Å². The van der Waals surface area contributed by atoms with Gasteiger partial charge in [-0.3, -0.25) is 4.90 Å². The first-order chi connectivity index (χ1) is 8.11. The second-order valence-corrected chi connectivity index (χ2v) is 5.81. The van der Waals surface area contributed by atoms with Crippen LogP contribution in [-0.4, -0.2) is 35.6 Å². The van der Waals surface area contributed by atoms with E-state index in [0.29, 0.717) is 11.6 Å². The minimum absolute atomic E-state index is 0.398. The quantitative estimate of drug-likeness (QED) is 0.765. The van der Waals surface area contributed by atoms with Crippen LogP contribution in [0.25, 0.3) is 0 Å². The molecule has 1 aliphatic heterocycles. The molecule has 2 heteroatoms. The average Bonchev–Trinajstić information content (AvgIpc) is 2.38. The van der Waals surface area contributed by atoms with Crippen LogP contribution in [0.1, 0.15) is 66.7 Å². The average molecular weight is 240 g/mol. The molecule has 17 heavy (non-hydrogen) atoms. The standard InChI is InChI=1S/C15H32N2/c1-6-10-13-12-17(14(7-2)11-16-13)15(5,8-3)9-4/h13-14,16H,6-12H2,1-5H3. The van der Waals surface area contributed by atoms with Crippen LogP contribution in [0.15, 0.2) is 0 Å². The van der Waals surface area contributed by atoms with Gasteiger partial charge in [0.2, 0.25) is 0 Å². The van der Waals surface area contributed by atoms with Crippen molar-refractivity contribution in [1.82, 2.24) is 10.2 Å². The van der Waals surface area contributed by atoms with Crippen molar-refractivity contribution in [2.45, 2.75) is 84.3 Å². The third-order valence-electron chi connectivity index (χ3n) is 4.83. The van der Waals surface area contributed by atoms with Crippen molar-refractivity contribution in [3.8, 4) is 0 Å². The second-order valence-electron chi connectivity index (χ2n) is 5.81. The Morgan fingerprint density at radius 3 is 2.29 bits per heavy atom. The normalized spacial score (nSPS) is 27.4. The van der Waals surface area contributed by atoms with Crippen molar-refractivity contribution < 1.29 is 0 Å². The highest BCUT2D eigenvalue weighted by Crippen LogP contribution is 2.29. The van der Waals surface area contributed by atoms with Gasteiger partial charge in [0.1, 0.15) is 0 Å². The molecule has 0 aromatic carbocycles. The highest BCUT2D eigenvalue weighted by Gasteiger charge is 2.36. The van der Waals surface area contributed by atoms with Gasteiger partial charge in [-0.05, 0) is 32.6 Å². The number of hydrogen-bond acceptors (Lipinski definition) is 2. The van der Waals surface area contributed by atoms with Gasteiger partial charge in [-0.25, -0.2) is 0 Å². The first-order valence-electron chi connectivity index (χ1n) is 7.61. The first kappa shape index (κ1) is 15.0. The predicted octanol–water partition coefficient (Wildman–Crippen LogP) is 3.42. The molecule has 1 fully saturated rings. The predicted molar refractivity (Wildman–Crippen MR) is 76.5 cm³/mol. The van der Waals surface area contributed by atoms with E-state index in [4.69, 9.17) is 0 Å². The summed E-state index contributed by atoms with van der Waals surface area (Å²) in [6, 6.07) is 1.44. The van der Waals surface area contributed by atoms with E-state index >= 15 is 0 Å². The number of nitrogens with one attached hydrogen (secondary N) is 1. The molecular formula is C15H32N2. The van der Waals surface area contributed by atoms with Crippen LogP contribution in [0.5, 0.6) is 0 Å². The smallest absolute Gasteiger partial charge is 0.0224 e. The Labute approximate surface area is 108 Å². The van der Waals surface area contributed by atoms with E-state index in [0.717, 1.165) is 6.04 Å². The van der Waals surface area contributed by atoms with E-state index < -0.39 is 0 Å². The van der Waals surface area contributed by atoms with E-state index in [2.05, 4.69) is 44.8 Å². The summed E-state index contributed by atoms with van der Waals surface area (Å²) in [7, 11) is 0. The lowest BCUT2D eigenvalue weighted by Crippen LogP contribution is -2.63. The summed E-state index contributed by atoms with van der Waals surface area (Å²) in [6.45, 7) is 14.2. The molecule has 0 amide bonds. The van der Waals surface area contributed by atoms with Gasteiger partial charge in [0.25, 0.3) is 0 Å². The third kappa shape index (κ3) is 3.45. The number of piperazine rings is 1. The maximum absolute atomic E-state index is 3.73. The van der Waals surface area contributed by atoms with E-state index in [-0.39, 0.29) is 0 Å². The zero-order valence-corrected chi connectivity index (χ0v) is 12.6. The van der Waals surface area contributed by atoms with Gasteiger partial charge in [0, 0.05) is 30.7 Å². The summed E-state index contributed by atoms with van der Waals surface area (Å²) in [5.41, 5.74) is 0.398. The molecule has 0 radical (unpaired) electrons. The third-order valence-corrected chi connectivity index (χ3v) is 4.83. The van der Waals surface area contributed by atoms with Crippen molar-refractivity contribution >= 4 is 0 Å². The summed E-state index contributed by atoms with van der Waals surface area (Å²) >= 11 is 0. The van der Waals surface area contributed by atoms with Gasteiger partial charge >= 0.3 is 0 Å². The van der Waals surface area contributed by atoms with Gasteiger partial charge < -0.3 is 5.32 Å². The lowest BCUT2D eigenvalue weighted by molar-refractivity contribution is 0.0112. The molecule has 1 saturated heterocycles. The Hall–Kier alpha value is -0.0800. The van der Waals surface area contributed by atoms with Crippen LogP contribution in [0.3, 0.4) is 0 Å². The Balaban J connectivity index is 2.75. The fourth-order valence-electron chi connectivity index (χ4n) is 3.09. The van der Waals surface area contributed by atoms with Gasteiger partial charge in [-0.2, -0.15) is 0 Å². The zero-order valence-electron chi connectivity index (χ0n) is 12.6. The summed E-state index contributed by atoms with van der Waals surface area (Å²) in [6.07, 6.45) is 6.40. The molecule has 0 aliphatic carbocycles. The molecule has 0 spiro atoms. The first-order valence-corrected chi connectivity index (χ1v) is 7.61. The van der Waals surface area contributed by atoms with Gasteiger partial charge in [0.15, 0.2) is 0 Å². The largest absolute Gasteiger partial charge is 0.311 e.